The van der Waals surface area contributed by atoms with Gasteiger partial charge in [0, 0.05) is 11.1 Å². The maximum Gasteiger partial charge on any atom is 0.294 e. The first-order chi connectivity index (χ1) is 17.0. The van der Waals surface area contributed by atoms with Crippen molar-refractivity contribution in [2.45, 2.75) is 0 Å². The molecule has 3 N–H and O–H groups in total. The molecule has 14 nitrogen and oxygen atoms in total. The maximum absolute atomic E-state index is 13.0. The predicted octanol–water partition coefficient (Wildman–Crippen LogP) is -0.199. The van der Waals surface area contributed by atoms with E-state index in [4.69, 9.17) is 15.2 Å². The molecule has 2 aromatic heterocycles. The normalized spacial score (nSPS) is 10.9. The van der Waals surface area contributed by atoms with E-state index in [0.717, 1.165) is 0 Å². The number of carbonyl (C=O) groups excluding carboxylic acids is 2. The van der Waals surface area contributed by atoms with Crippen molar-refractivity contribution in [1.82, 2.24) is 30.7 Å². The minimum Gasteiger partial charge on any atom is -0.546 e. The molecule has 2 aromatic carbocycles. The highest BCUT2D eigenvalue weighted by atomic mass is 16.6. The van der Waals surface area contributed by atoms with Crippen LogP contribution in [0.25, 0.3) is 17.1 Å². The van der Waals surface area contributed by atoms with Crippen LogP contribution in [0, 0.1) is 0 Å². The van der Waals surface area contributed by atoms with Gasteiger partial charge in [0.1, 0.15) is 23.8 Å². The molecule has 0 spiro atoms. The lowest BCUT2D eigenvalue weighted by Gasteiger charge is -2.09. The zero-order valence-corrected chi connectivity index (χ0v) is 18.1. The number of aliphatic carboxylic acids is 1. The third-order valence-electron chi connectivity index (χ3n) is 4.56. The van der Waals surface area contributed by atoms with Crippen molar-refractivity contribution in [3.05, 3.63) is 59.8 Å². The summed E-state index contributed by atoms with van der Waals surface area (Å²) in [5, 5.41) is 29.8. The highest BCUT2D eigenvalue weighted by Crippen LogP contribution is 2.29. The molecule has 4 rings (SSSR count). The van der Waals surface area contributed by atoms with Crippen LogP contribution >= 0.6 is 0 Å². The van der Waals surface area contributed by atoms with Gasteiger partial charge in [-0.2, -0.15) is 9.78 Å². The van der Waals surface area contributed by atoms with Crippen LogP contribution in [0.2, 0.25) is 0 Å². The third kappa shape index (κ3) is 5.05. The van der Waals surface area contributed by atoms with Crippen LogP contribution < -0.4 is 25.7 Å². The average molecular weight is 477 g/mol. The van der Waals surface area contributed by atoms with E-state index in [0.29, 0.717) is 16.9 Å². The Morgan fingerprint density at radius 1 is 1.23 bits per heavy atom. The van der Waals surface area contributed by atoms with Crippen LogP contribution in [-0.4, -0.2) is 57.1 Å². The number of anilines is 1. The largest absolute Gasteiger partial charge is 0.546 e. The summed E-state index contributed by atoms with van der Waals surface area (Å²) in [5.74, 6) is -1.32. The number of aromatic nitrogens is 5. The number of carboxylic acids is 1. The Labute approximate surface area is 196 Å². The molecule has 0 saturated carbocycles. The number of methoxy groups -OCH3 is 1. The van der Waals surface area contributed by atoms with Crippen LogP contribution in [0.3, 0.4) is 0 Å². The fraction of sp³-hybridized carbons (Fsp3) is 0.0952. The van der Waals surface area contributed by atoms with Gasteiger partial charge in [-0.15, -0.1) is 5.10 Å². The second-order valence-corrected chi connectivity index (χ2v) is 6.80. The Morgan fingerprint density at radius 3 is 2.80 bits per heavy atom. The van der Waals surface area contributed by atoms with E-state index in [2.05, 4.69) is 35.8 Å². The number of benzene rings is 2. The smallest absolute Gasteiger partial charge is 0.294 e. The number of para-hydroxylation sites is 1. The second kappa shape index (κ2) is 10.1. The number of amides is 1. The summed E-state index contributed by atoms with van der Waals surface area (Å²) < 4.78 is 16.3. The molecule has 0 atom stereocenters. The Morgan fingerprint density at radius 2 is 2.06 bits per heavy atom. The van der Waals surface area contributed by atoms with Crippen molar-refractivity contribution in [1.29, 1.82) is 0 Å². The summed E-state index contributed by atoms with van der Waals surface area (Å²) in [6, 6.07) is 13.4. The van der Waals surface area contributed by atoms with Crippen LogP contribution in [0.1, 0.15) is 16.1 Å². The molecule has 0 aliphatic rings. The topological polar surface area (TPSA) is 196 Å². The molecule has 0 radical (unpaired) electrons. The van der Waals surface area contributed by atoms with Crippen molar-refractivity contribution in [2.75, 3.05) is 19.5 Å². The summed E-state index contributed by atoms with van der Waals surface area (Å²) in [6.45, 7) is -0.635. The summed E-state index contributed by atoms with van der Waals surface area (Å²) in [4.78, 5) is 23.6. The summed E-state index contributed by atoms with van der Waals surface area (Å²) in [5.41, 5.74) is 9.24. The number of hydrogen-bond donors (Lipinski definition) is 2. The monoisotopic (exact) mass is 477 g/mol. The lowest BCUT2D eigenvalue weighted by Crippen LogP contribution is -2.29. The second-order valence-electron chi connectivity index (χ2n) is 6.80. The number of nitrogens with two attached hydrogens (primary N) is 1. The Kier molecular flexibility index (Phi) is 6.62. The molecular weight excluding hydrogens is 460 g/mol. The highest BCUT2D eigenvalue weighted by molar-refractivity contribution is 5.99. The van der Waals surface area contributed by atoms with E-state index in [1.165, 1.54) is 18.0 Å². The molecule has 0 aliphatic heterocycles. The van der Waals surface area contributed by atoms with E-state index in [9.17, 15) is 14.7 Å². The van der Waals surface area contributed by atoms with Crippen LogP contribution in [-0.2, 0) is 4.79 Å². The van der Waals surface area contributed by atoms with Gasteiger partial charge in [0.2, 0.25) is 11.6 Å². The van der Waals surface area contributed by atoms with Crippen LogP contribution in [0.15, 0.2) is 58.3 Å². The van der Waals surface area contributed by atoms with Gasteiger partial charge in [-0.3, -0.25) is 4.79 Å². The summed E-state index contributed by atoms with van der Waals surface area (Å²) in [7, 11) is 1.51. The SMILES string of the molecule is COc1cccc(-c2c(C(=O)NN=Cc3ccccc3OCC(=O)[O-])nnn2-c2nonc2N)c1. The predicted molar refractivity (Wildman–Crippen MR) is 118 cm³/mol. The minimum absolute atomic E-state index is 0.0388. The number of rotatable bonds is 9. The van der Waals surface area contributed by atoms with Gasteiger partial charge < -0.3 is 25.1 Å². The molecule has 0 fully saturated rings. The zero-order valence-electron chi connectivity index (χ0n) is 18.1. The summed E-state index contributed by atoms with van der Waals surface area (Å²) >= 11 is 0. The molecule has 0 aliphatic carbocycles. The molecule has 0 saturated heterocycles. The Hall–Kier alpha value is -5.27. The van der Waals surface area contributed by atoms with E-state index in [1.54, 1.807) is 48.5 Å². The molecule has 35 heavy (non-hydrogen) atoms. The van der Waals surface area contributed by atoms with Crippen molar-refractivity contribution in [2.24, 2.45) is 5.10 Å². The number of nitrogen functional groups attached to an aromatic ring is 1. The number of hydrogen-bond acceptors (Lipinski definition) is 12. The lowest BCUT2D eigenvalue weighted by molar-refractivity contribution is -0.307. The third-order valence-corrected chi connectivity index (χ3v) is 4.56. The number of carboxylic acid groups (broad SMARTS) is 1. The van der Waals surface area contributed by atoms with Crippen LogP contribution in [0.5, 0.6) is 11.5 Å². The fourth-order valence-electron chi connectivity index (χ4n) is 3.02. The molecule has 2 heterocycles. The zero-order chi connectivity index (χ0) is 24.8. The highest BCUT2D eigenvalue weighted by Gasteiger charge is 2.25. The number of carbonyl (C=O) groups is 2. The quantitative estimate of drug-likeness (QED) is 0.239. The first-order valence-electron chi connectivity index (χ1n) is 9.91. The van der Waals surface area contributed by atoms with E-state index < -0.39 is 18.5 Å². The van der Waals surface area contributed by atoms with Gasteiger partial charge in [0.05, 0.1) is 19.3 Å². The van der Waals surface area contributed by atoms with Gasteiger partial charge in [-0.25, -0.2) is 10.1 Å². The first-order valence-corrected chi connectivity index (χ1v) is 9.91. The van der Waals surface area contributed by atoms with Crippen molar-refractivity contribution in [3.8, 4) is 28.6 Å². The number of nitrogens with zero attached hydrogens (tertiary/aromatic N) is 6. The van der Waals surface area contributed by atoms with E-state index >= 15 is 0 Å². The van der Waals surface area contributed by atoms with Crippen molar-refractivity contribution in [3.63, 3.8) is 0 Å². The minimum atomic E-state index is -1.37. The molecule has 4 aromatic rings. The van der Waals surface area contributed by atoms with Crippen molar-refractivity contribution < 1.29 is 28.8 Å². The van der Waals surface area contributed by atoms with Gasteiger partial charge in [0.25, 0.3) is 5.91 Å². The Balaban J connectivity index is 1.64. The maximum atomic E-state index is 13.0. The summed E-state index contributed by atoms with van der Waals surface area (Å²) in [6.07, 6.45) is 1.29. The number of hydrazone groups is 1. The molecule has 178 valence electrons. The molecule has 0 bridgehead atoms. The number of nitrogens with one attached hydrogen (secondary N) is 1. The molecule has 1 amide bonds. The van der Waals surface area contributed by atoms with E-state index in [1.807, 2.05) is 0 Å². The average Bonchev–Trinajstić information content (AvgIpc) is 3.49. The van der Waals surface area contributed by atoms with Gasteiger partial charge >= 0.3 is 0 Å². The first kappa shape index (κ1) is 22.9. The molecule has 0 unspecified atom stereocenters. The van der Waals surface area contributed by atoms with E-state index in [-0.39, 0.29) is 28.8 Å². The van der Waals surface area contributed by atoms with Gasteiger partial charge in [-0.05, 0) is 34.6 Å². The lowest BCUT2D eigenvalue weighted by atomic mass is 10.1. The fourth-order valence-corrected chi connectivity index (χ4v) is 3.02. The molecular formula is C21H17N8O6-. The number of ether oxygens (including phenoxy) is 2. The Bertz CT molecular complexity index is 1400. The van der Waals surface area contributed by atoms with Gasteiger partial charge in [0.15, 0.2) is 5.69 Å². The van der Waals surface area contributed by atoms with Crippen LogP contribution in [0.4, 0.5) is 5.82 Å². The van der Waals surface area contributed by atoms with Crippen molar-refractivity contribution >= 4 is 23.9 Å². The van der Waals surface area contributed by atoms with Gasteiger partial charge in [-0.1, -0.05) is 29.5 Å². The molecule has 14 heteroatoms. The standard InChI is InChI=1S/C21H18N8O6/c1-33-14-7-4-6-12(9-14)18-17(24-28-29(18)20-19(22)26-35-27-20)21(32)25-23-10-13-5-2-3-8-15(13)34-11-16(30)31/h2-10H,11H2,1H3,(H2,22,26)(H,25,32)(H,30,31)/p-1.